The number of amides is 2. The molecule has 118 valence electrons. The van der Waals surface area contributed by atoms with Crippen LogP contribution in [0.25, 0.3) is 10.8 Å². The molecule has 2 amide bonds. The molecular formula is C19H13ClN2O2. The first kappa shape index (κ1) is 14.7. The number of nitrogens with one attached hydrogen (secondary N) is 1. The van der Waals surface area contributed by atoms with E-state index < -0.39 is 0 Å². The van der Waals surface area contributed by atoms with Gasteiger partial charge in [0, 0.05) is 28.7 Å². The van der Waals surface area contributed by atoms with Crippen molar-refractivity contribution in [2.24, 2.45) is 0 Å². The Bertz CT molecular complexity index is 1010. The molecule has 0 saturated heterocycles. The number of hydrogen-bond donors (Lipinski definition) is 1. The van der Waals surface area contributed by atoms with Crippen molar-refractivity contribution in [1.29, 1.82) is 0 Å². The molecule has 0 radical (unpaired) electrons. The van der Waals surface area contributed by atoms with Gasteiger partial charge in [0.15, 0.2) is 0 Å². The summed E-state index contributed by atoms with van der Waals surface area (Å²) in [6, 6.07) is 15.9. The van der Waals surface area contributed by atoms with Gasteiger partial charge >= 0.3 is 0 Å². The van der Waals surface area contributed by atoms with Crippen molar-refractivity contribution in [3.05, 3.63) is 70.7 Å². The molecule has 4 rings (SSSR count). The zero-order valence-electron chi connectivity index (χ0n) is 12.8. The van der Waals surface area contributed by atoms with Gasteiger partial charge in [0.25, 0.3) is 11.8 Å². The van der Waals surface area contributed by atoms with Crippen LogP contribution in [0.2, 0.25) is 5.02 Å². The molecule has 1 aliphatic rings. The number of carbonyl (C=O) groups is 2. The van der Waals surface area contributed by atoms with E-state index in [1.165, 1.54) is 4.90 Å². The fraction of sp³-hybridized carbons (Fsp3) is 0.0526. The number of benzene rings is 3. The zero-order chi connectivity index (χ0) is 16.8. The predicted octanol–water partition coefficient (Wildman–Crippen LogP) is 4.34. The van der Waals surface area contributed by atoms with E-state index >= 15 is 0 Å². The highest BCUT2D eigenvalue weighted by Gasteiger charge is 2.34. The van der Waals surface area contributed by atoms with Crippen LogP contribution in [0.4, 0.5) is 11.4 Å². The molecule has 3 aromatic rings. The van der Waals surface area contributed by atoms with Crippen molar-refractivity contribution in [2.45, 2.75) is 0 Å². The number of rotatable bonds is 2. The Morgan fingerprint density at radius 2 is 1.67 bits per heavy atom. The van der Waals surface area contributed by atoms with Crippen molar-refractivity contribution < 1.29 is 9.59 Å². The molecule has 4 nitrogen and oxygen atoms in total. The van der Waals surface area contributed by atoms with Gasteiger partial charge in [-0.25, -0.2) is 4.90 Å². The quantitative estimate of drug-likeness (QED) is 0.708. The van der Waals surface area contributed by atoms with Crippen LogP contribution in [0.15, 0.2) is 54.6 Å². The van der Waals surface area contributed by atoms with Crippen LogP contribution in [0, 0.1) is 0 Å². The van der Waals surface area contributed by atoms with Crippen molar-refractivity contribution in [1.82, 2.24) is 0 Å². The summed E-state index contributed by atoms with van der Waals surface area (Å²) in [6.45, 7) is 0. The lowest BCUT2D eigenvalue weighted by Crippen LogP contribution is -2.40. The highest BCUT2D eigenvalue weighted by molar-refractivity contribution is 6.36. The number of nitrogens with zero attached hydrogens (tertiary/aromatic N) is 1. The molecule has 0 saturated carbocycles. The fourth-order valence-corrected chi connectivity index (χ4v) is 3.29. The van der Waals surface area contributed by atoms with E-state index in [4.69, 9.17) is 11.6 Å². The summed E-state index contributed by atoms with van der Waals surface area (Å²) in [7, 11) is 1.80. The van der Waals surface area contributed by atoms with Crippen LogP contribution in [-0.2, 0) is 0 Å². The van der Waals surface area contributed by atoms with Crippen LogP contribution >= 0.6 is 11.6 Å². The van der Waals surface area contributed by atoms with Gasteiger partial charge in [-0.3, -0.25) is 9.59 Å². The van der Waals surface area contributed by atoms with Crippen molar-refractivity contribution >= 4 is 45.6 Å². The summed E-state index contributed by atoms with van der Waals surface area (Å²) >= 11 is 6.03. The third-order valence-corrected chi connectivity index (χ3v) is 4.43. The van der Waals surface area contributed by atoms with Gasteiger partial charge in [0.05, 0.1) is 11.3 Å². The van der Waals surface area contributed by atoms with Gasteiger partial charge < -0.3 is 5.32 Å². The van der Waals surface area contributed by atoms with Crippen LogP contribution in [-0.4, -0.2) is 18.9 Å². The summed E-state index contributed by atoms with van der Waals surface area (Å²) in [5.74, 6) is -0.680. The first-order chi connectivity index (χ1) is 11.6. The van der Waals surface area contributed by atoms with Gasteiger partial charge in [0.1, 0.15) is 0 Å². The second-order valence-electron chi connectivity index (χ2n) is 5.60. The largest absolute Gasteiger partial charge is 0.388 e. The van der Waals surface area contributed by atoms with E-state index in [2.05, 4.69) is 5.32 Å². The lowest BCUT2D eigenvalue weighted by molar-refractivity contribution is 0.0893. The molecule has 0 unspecified atom stereocenters. The van der Waals surface area contributed by atoms with E-state index in [1.54, 1.807) is 43.4 Å². The molecule has 3 aromatic carbocycles. The highest BCUT2D eigenvalue weighted by atomic mass is 35.5. The second-order valence-corrected chi connectivity index (χ2v) is 6.04. The predicted molar refractivity (Wildman–Crippen MR) is 96.1 cm³/mol. The molecule has 0 spiro atoms. The molecule has 5 heteroatoms. The first-order valence-electron chi connectivity index (χ1n) is 7.49. The number of imide groups is 1. The molecule has 24 heavy (non-hydrogen) atoms. The van der Waals surface area contributed by atoms with Crippen molar-refractivity contribution in [3.63, 3.8) is 0 Å². The summed E-state index contributed by atoms with van der Waals surface area (Å²) < 4.78 is 0. The summed E-state index contributed by atoms with van der Waals surface area (Å²) in [6.07, 6.45) is 0. The topological polar surface area (TPSA) is 49.4 Å². The van der Waals surface area contributed by atoms with E-state index in [-0.39, 0.29) is 11.8 Å². The summed E-state index contributed by atoms with van der Waals surface area (Å²) in [5, 5.41) is 5.09. The number of carbonyl (C=O) groups excluding carboxylic acids is 2. The van der Waals surface area contributed by atoms with Crippen molar-refractivity contribution in [3.8, 4) is 0 Å². The minimum absolute atomic E-state index is 0.336. The van der Waals surface area contributed by atoms with E-state index in [0.717, 1.165) is 11.1 Å². The highest BCUT2D eigenvalue weighted by Crippen LogP contribution is 2.35. The van der Waals surface area contributed by atoms with Gasteiger partial charge in [-0.05, 0) is 41.8 Å². The lowest BCUT2D eigenvalue weighted by Gasteiger charge is -2.27. The molecule has 0 aliphatic carbocycles. The molecule has 1 aliphatic heterocycles. The molecule has 0 fully saturated rings. The van der Waals surface area contributed by atoms with Crippen LogP contribution in [0.3, 0.4) is 0 Å². The minimum atomic E-state index is -0.344. The van der Waals surface area contributed by atoms with Crippen LogP contribution < -0.4 is 10.2 Å². The van der Waals surface area contributed by atoms with Gasteiger partial charge in [-0.2, -0.15) is 0 Å². The Hall–Kier alpha value is -2.85. The Kier molecular flexibility index (Phi) is 3.28. The molecule has 0 atom stereocenters. The minimum Gasteiger partial charge on any atom is -0.388 e. The van der Waals surface area contributed by atoms with Gasteiger partial charge in [-0.1, -0.05) is 29.8 Å². The maximum absolute atomic E-state index is 13.0. The Labute approximate surface area is 143 Å². The SMILES string of the molecule is CNc1cc2c3c(cccc3c1)C(=O)N(c1cccc(Cl)c1)C2=O. The third kappa shape index (κ3) is 2.07. The number of halogens is 1. The average Bonchev–Trinajstić information content (AvgIpc) is 2.59. The maximum Gasteiger partial charge on any atom is 0.266 e. The monoisotopic (exact) mass is 336 g/mol. The first-order valence-corrected chi connectivity index (χ1v) is 7.87. The second kappa shape index (κ2) is 5.35. The number of hydrogen-bond acceptors (Lipinski definition) is 3. The maximum atomic E-state index is 13.0. The molecular weight excluding hydrogens is 324 g/mol. The normalized spacial score (nSPS) is 13.5. The zero-order valence-corrected chi connectivity index (χ0v) is 13.6. The van der Waals surface area contributed by atoms with E-state index in [1.807, 2.05) is 18.2 Å². The number of anilines is 2. The third-order valence-electron chi connectivity index (χ3n) is 4.20. The van der Waals surface area contributed by atoms with E-state index in [9.17, 15) is 9.59 Å². The Morgan fingerprint density at radius 3 is 2.42 bits per heavy atom. The van der Waals surface area contributed by atoms with Gasteiger partial charge in [-0.15, -0.1) is 0 Å². The van der Waals surface area contributed by atoms with Crippen molar-refractivity contribution in [2.75, 3.05) is 17.3 Å². The summed E-state index contributed by atoms with van der Waals surface area (Å²) in [5.41, 5.74) is 2.31. The molecule has 1 heterocycles. The molecule has 0 aromatic heterocycles. The van der Waals surface area contributed by atoms with Gasteiger partial charge in [0.2, 0.25) is 0 Å². The standard InChI is InChI=1S/C19H13ClN2O2/c1-21-13-8-11-4-2-7-15-17(11)16(10-13)19(24)22(18(15)23)14-6-3-5-12(20)9-14/h2-10,21H,1H3. The smallest absolute Gasteiger partial charge is 0.266 e. The average molecular weight is 337 g/mol. The van der Waals surface area contributed by atoms with Crippen LogP contribution in [0.5, 0.6) is 0 Å². The van der Waals surface area contributed by atoms with E-state index in [0.29, 0.717) is 27.2 Å². The summed E-state index contributed by atoms with van der Waals surface area (Å²) in [4.78, 5) is 27.1. The fourth-order valence-electron chi connectivity index (χ4n) is 3.10. The van der Waals surface area contributed by atoms with Crippen LogP contribution in [0.1, 0.15) is 20.7 Å². The lowest BCUT2D eigenvalue weighted by atomic mass is 9.93. The molecule has 0 bridgehead atoms. The molecule has 1 N–H and O–H groups in total. The Morgan fingerprint density at radius 1 is 0.917 bits per heavy atom. The Balaban J connectivity index is 2.00.